The Hall–Kier alpha value is -1.94. The maximum Gasteiger partial charge on any atom is 0.127 e. The van der Waals surface area contributed by atoms with Crippen LogP contribution in [0.2, 0.25) is 0 Å². The van der Waals surface area contributed by atoms with Crippen molar-refractivity contribution in [1.82, 2.24) is 0 Å². The monoisotopic (exact) mass is 184 g/mol. The van der Waals surface area contributed by atoms with Crippen LogP contribution in [0.25, 0.3) is 6.08 Å². The molecule has 1 heteroatoms. The molecule has 0 N–H and O–H groups in total. The van der Waals surface area contributed by atoms with Crippen LogP contribution in [0.5, 0.6) is 5.75 Å². The minimum Gasteiger partial charge on any atom is -0.488 e. The van der Waals surface area contributed by atoms with Gasteiger partial charge >= 0.3 is 0 Å². The second-order valence-corrected chi connectivity index (χ2v) is 2.61. The van der Waals surface area contributed by atoms with Crippen LogP contribution in [0.15, 0.2) is 55.0 Å². The Balaban J connectivity index is 2.83. The molecular formula is C13H12O. The summed E-state index contributed by atoms with van der Waals surface area (Å²) in [6, 6.07) is 7.72. The number of ether oxygens (including phenoxy) is 1. The van der Waals surface area contributed by atoms with Crippen LogP contribution < -0.4 is 4.74 Å². The number of hydrogen-bond acceptors (Lipinski definition) is 1. The predicted molar refractivity (Wildman–Crippen MR) is 59.3 cm³/mol. The molecule has 0 amide bonds. The topological polar surface area (TPSA) is 9.23 Å². The van der Waals surface area contributed by atoms with Gasteiger partial charge in [0.15, 0.2) is 0 Å². The molecule has 0 aliphatic carbocycles. The predicted octanol–water partition coefficient (Wildman–Crippen LogP) is 3.20. The fraction of sp³-hybridized carbons (Fsp3) is 0.0769. The molecule has 0 saturated heterocycles. The average Bonchev–Trinajstić information content (AvgIpc) is 2.21. The number of rotatable bonds is 4. The highest BCUT2D eigenvalue weighted by molar-refractivity contribution is 5.56. The van der Waals surface area contributed by atoms with Crippen molar-refractivity contribution in [1.29, 1.82) is 0 Å². The third-order valence-corrected chi connectivity index (χ3v) is 1.64. The molecule has 0 aliphatic heterocycles. The van der Waals surface area contributed by atoms with Crippen molar-refractivity contribution in [3.8, 4) is 5.75 Å². The SMILES string of the molecule is C=C=CCOc1ccccc1C=C=C. The van der Waals surface area contributed by atoms with E-state index < -0.39 is 0 Å². The van der Waals surface area contributed by atoms with E-state index in [1.54, 1.807) is 12.2 Å². The third-order valence-electron chi connectivity index (χ3n) is 1.64. The second-order valence-electron chi connectivity index (χ2n) is 2.61. The summed E-state index contributed by atoms with van der Waals surface area (Å²) in [6.07, 6.45) is 3.52. The molecule has 70 valence electrons. The van der Waals surface area contributed by atoms with Gasteiger partial charge in [-0.1, -0.05) is 31.4 Å². The van der Waals surface area contributed by atoms with E-state index in [-0.39, 0.29) is 0 Å². The molecule has 0 aliphatic rings. The molecule has 0 saturated carbocycles. The highest BCUT2D eigenvalue weighted by atomic mass is 16.5. The van der Waals surface area contributed by atoms with Crippen molar-refractivity contribution in [2.24, 2.45) is 0 Å². The minimum atomic E-state index is 0.478. The summed E-state index contributed by atoms with van der Waals surface area (Å²) in [5.74, 6) is 0.815. The summed E-state index contributed by atoms with van der Waals surface area (Å²) in [6.45, 7) is 7.46. The molecule has 1 nitrogen and oxygen atoms in total. The van der Waals surface area contributed by atoms with Crippen molar-refractivity contribution in [2.75, 3.05) is 6.61 Å². The molecule has 0 fully saturated rings. The molecular weight excluding hydrogens is 172 g/mol. The van der Waals surface area contributed by atoms with Crippen molar-refractivity contribution in [3.05, 3.63) is 60.5 Å². The van der Waals surface area contributed by atoms with Crippen molar-refractivity contribution in [3.63, 3.8) is 0 Å². The van der Waals surface area contributed by atoms with Crippen molar-refractivity contribution >= 4 is 6.08 Å². The van der Waals surface area contributed by atoms with Gasteiger partial charge in [0.1, 0.15) is 12.4 Å². The summed E-state index contributed by atoms with van der Waals surface area (Å²) >= 11 is 0. The van der Waals surface area contributed by atoms with E-state index in [1.807, 2.05) is 24.3 Å². The van der Waals surface area contributed by atoms with Crippen molar-refractivity contribution in [2.45, 2.75) is 0 Å². The van der Waals surface area contributed by atoms with E-state index in [2.05, 4.69) is 24.6 Å². The van der Waals surface area contributed by atoms with E-state index in [9.17, 15) is 0 Å². The lowest BCUT2D eigenvalue weighted by molar-refractivity contribution is 0.362. The lowest BCUT2D eigenvalue weighted by Crippen LogP contribution is -1.94. The molecule has 0 bridgehead atoms. The van der Waals surface area contributed by atoms with E-state index in [4.69, 9.17) is 4.74 Å². The minimum absolute atomic E-state index is 0.478. The lowest BCUT2D eigenvalue weighted by Gasteiger charge is -2.05. The quantitative estimate of drug-likeness (QED) is 0.653. The van der Waals surface area contributed by atoms with Crippen molar-refractivity contribution < 1.29 is 4.74 Å². The van der Waals surface area contributed by atoms with Crippen LogP contribution in [0, 0.1) is 0 Å². The van der Waals surface area contributed by atoms with E-state index in [0.717, 1.165) is 11.3 Å². The smallest absolute Gasteiger partial charge is 0.127 e. The first kappa shape index (κ1) is 10.1. The zero-order chi connectivity index (χ0) is 10.2. The first-order chi connectivity index (χ1) is 6.88. The normalized spacial score (nSPS) is 8.29. The first-order valence-electron chi connectivity index (χ1n) is 4.30. The van der Waals surface area contributed by atoms with Gasteiger partial charge in [0.05, 0.1) is 0 Å². The zero-order valence-electron chi connectivity index (χ0n) is 7.99. The van der Waals surface area contributed by atoms with Crippen LogP contribution in [0.1, 0.15) is 5.56 Å². The molecule has 0 unspecified atom stereocenters. The van der Waals surface area contributed by atoms with Gasteiger partial charge in [-0.3, -0.25) is 0 Å². The molecule has 0 aromatic heterocycles. The van der Waals surface area contributed by atoms with Gasteiger partial charge in [0, 0.05) is 5.56 Å². The maximum atomic E-state index is 5.47. The number of hydrogen-bond donors (Lipinski definition) is 0. The molecule has 1 aromatic carbocycles. The molecule has 0 spiro atoms. The second kappa shape index (κ2) is 5.66. The molecule has 14 heavy (non-hydrogen) atoms. The Kier molecular flexibility index (Phi) is 4.10. The van der Waals surface area contributed by atoms with Crippen LogP contribution in [0.4, 0.5) is 0 Å². The molecule has 0 atom stereocenters. The van der Waals surface area contributed by atoms with E-state index >= 15 is 0 Å². The van der Waals surface area contributed by atoms with E-state index in [0.29, 0.717) is 6.61 Å². The Morgan fingerprint density at radius 1 is 1.21 bits per heavy atom. The van der Waals surface area contributed by atoms with Crippen LogP contribution in [-0.4, -0.2) is 6.61 Å². The highest BCUT2D eigenvalue weighted by Crippen LogP contribution is 2.18. The molecule has 1 aromatic rings. The number of para-hydroxylation sites is 1. The van der Waals surface area contributed by atoms with E-state index in [1.165, 1.54) is 0 Å². The fourth-order valence-corrected chi connectivity index (χ4v) is 1.03. The van der Waals surface area contributed by atoms with Crippen LogP contribution >= 0.6 is 0 Å². The van der Waals surface area contributed by atoms with Gasteiger partial charge in [-0.2, -0.15) is 0 Å². The van der Waals surface area contributed by atoms with Gasteiger partial charge in [0.2, 0.25) is 0 Å². The summed E-state index contributed by atoms with van der Waals surface area (Å²) < 4.78 is 5.47. The maximum absolute atomic E-state index is 5.47. The average molecular weight is 184 g/mol. The zero-order valence-corrected chi connectivity index (χ0v) is 7.99. The Morgan fingerprint density at radius 2 is 2.00 bits per heavy atom. The standard InChI is InChI=1S/C13H12O/c1-3-5-11-14-13-10-7-6-9-12(13)8-4-2/h5-10H,1-2,11H2. The summed E-state index contributed by atoms with van der Waals surface area (Å²) in [5, 5.41) is 0. The van der Waals surface area contributed by atoms with Crippen LogP contribution in [0.3, 0.4) is 0 Å². The molecule has 0 radical (unpaired) electrons. The van der Waals surface area contributed by atoms with Gasteiger partial charge in [0.25, 0.3) is 0 Å². The van der Waals surface area contributed by atoms with Crippen LogP contribution in [-0.2, 0) is 0 Å². The summed E-state index contributed by atoms with van der Waals surface area (Å²) in [4.78, 5) is 0. The Labute approximate surface area is 84.3 Å². The summed E-state index contributed by atoms with van der Waals surface area (Å²) in [7, 11) is 0. The lowest BCUT2D eigenvalue weighted by atomic mass is 10.2. The Morgan fingerprint density at radius 3 is 2.71 bits per heavy atom. The largest absolute Gasteiger partial charge is 0.488 e. The molecule has 0 heterocycles. The van der Waals surface area contributed by atoms with Gasteiger partial charge < -0.3 is 4.74 Å². The van der Waals surface area contributed by atoms with Gasteiger partial charge in [-0.05, 0) is 18.2 Å². The number of benzene rings is 1. The molecule has 1 rings (SSSR count). The highest BCUT2D eigenvalue weighted by Gasteiger charge is 1.96. The fourth-order valence-electron chi connectivity index (χ4n) is 1.03. The summed E-state index contributed by atoms with van der Waals surface area (Å²) in [5.41, 5.74) is 6.35. The third kappa shape index (κ3) is 2.84. The first-order valence-corrected chi connectivity index (χ1v) is 4.30. The Bertz CT molecular complexity index is 391. The van der Waals surface area contributed by atoms with Gasteiger partial charge in [-0.15, -0.1) is 11.5 Å². The van der Waals surface area contributed by atoms with Gasteiger partial charge in [-0.25, -0.2) is 0 Å².